The number of carbonyl (C=O) groups excluding carboxylic acids is 1. The maximum absolute atomic E-state index is 12.8. The van der Waals surface area contributed by atoms with Crippen LogP contribution in [0.15, 0.2) is 81.4 Å². The highest BCUT2D eigenvalue weighted by atomic mass is 32.2. The van der Waals surface area contributed by atoms with Crippen LogP contribution in [0.4, 0.5) is 11.4 Å². The van der Waals surface area contributed by atoms with E-state index in [-0.39, 0.29) is 43.0 Å². The van der Waals surface area contributed by atoms with Gasteiger partial charge in [0.2, 0.25) is 11.6 Å². The van der Waals surface area contributed by atoms with E-state index in [0.29, 0.717) is 106 Å². The van der Waals surface area contributed by atoms with Crippen molar-refractivity contribution < 1.29 is 61.3 Å². The summed E-state index contributed by atoms with van der Waals surface area (Å²) in [5, 5.41) is 17.9. The minimum atomic E-state index is -4.68. The standard InChI is InChI=1S/C44H62N10O13S4/c1-43(2)36-29-34(70(62,63)64)16-18-38(36)53(25-7-4-5-15-42(55)47-22-11-24-52-32-33(49-51-52)31-46-21-10-23-48-50-45)40(43)13-9-14-41-44(3,20-6-8-27-68(56,57)58)37-30-35(71(65,66)67)17-19-39(37)54(41)26-12-28-69(59,60)61/h9,13-14,16-19,29-30,32,46H,4-8,10-12,15,20-28,31H2,1-3H3,(H4-,47,55,56,57,58,59,60,61,62,63,64,65,66,67)/p+1. The zero-order chi connectivity index (χ0) is 52.3. The lowest BCUT2D eigenvalue weighted by atomic mass is 9.77. The summed E-state index contributed by atoms with van der Waals surface area (Å²) in [6, 6.07) is 8.38. The number of allylic oxidation sites excluding steroid dienone is 4. The normalized spacial score (nSPS) is 17.5. The van der Waals surface area contributed by atoms with Gasteiger partial charge in [-0.2, -0.15) is 38.2 Å². The van der Waals surface area contributed by atoms with E-state index in [1.54, 1.807) is 34.7 Å². The minimum Gasteiger partial charge on any atom is -0.356 e. The molecule has 1 aromatic heterocycles. The number of rotatable bonds is 29. The number of fused-ring (bicyclic) bond motifs is 2. The summed E-state index contributed by atoms with van der Waals surface area (Å²) in [6.45, 7) is 8.73. The number of hydrogen-bond donors (Lipinski definition) is 6. The molecule has 0 bridgehead atoms. The van der Waals surface area contributed by atoms with Crippen molar-refractivity contribution in [2.45, 2.75) is 119 Å². The van der Waals surface area contributed by atoms with Crippen LogP contribution in [-0.2, 0) is 69.2 Å². The Morgan fingerprint density at radius 2 is 1.49 bits per heavy atom. The first kappa shape index (κ1) is 56.8. The molecule has 3 aromatic rings. The molecular weight excluding hydrogens is 1000 g/mol. The predicted octanol–water partition coefficient (Wildman–Crippen LogP) is 5.26. The molecule has 0 aliphatic carbocycles. The first-order valence-electron chi connectivity index (χ1n) is 23.1. The second-order valence-corrected chi connectivity index (χ2v) is 24.2. The number of carbonyl (C=O) groups is 1. The number of unbranched alkanes of at least 4 members (excludes halogenated alkanes) is 3. The number of hydrogen-bond acceptors (Lipinski definition) is 14. The van der Waals surface area contributed by atoms with E-state index >= 15 is 0 Å². The summed E-state index contributed by atoms with van der Waals surface area (Å²) in [5.74, 6) is -1.20. The van der Waals surface area contributed by atoms with Gasteiger partial charge in [-0.25, -0.2) is 0 Å². The van der Waals surface area contributed by atoms with Crippen LogP contribution < -0.4 is 15.5 Å². The van der Waals surface area contributed by atoms with Crippen molar-refractivity contribution in [2.75, 3.05) is 49.1 Å². The van der Waals surface area contributed by atoms with Crippen molar-refractivity contribution in [3.05, 3.63) is 93.8 Å². The van der Waals surface area contributed by atoms with E-state index in [2.05, 4.69) is 31.0 Å². The Morgan fingerprint density at radius 3 is 2.17 bits per heavy atom. The predicted molar refractivity (Wildman–Crippen MR) is 265 cm³/mol. The average Bonchev–Trinajstić information content (AvgIpc) is 3.89. The van der Waals surface area contributed by atoms with Crippen molar-refractivity contribution in [1.29, 1.82) is 0 Å². The maximum Gasteiger partial charge on any atom is 0.294 e. The Kier molecular flexibility index (Phi) is 19.3. The summed E-state index contributed by atoms with van der Waals surface area (Å²) in [7, 11) is -17.9. The van der Waals surface area contributed by atoms with Gasteiger partial charge in [0.15, 0.2) is 5.71 Å². The number of amides is 1. The third kappa shape index (κ3) is 15.9. The Hall–Kier alpha value is -5.09. The molecule has 6 N–H and O–H groups in total. The number of benzene rings is 2. The van der Waals surface area contributed by atoms with Gasteiger partial charge in [-0.3, -0.25) is 27.7 Å². The van der Waals surface area contributed by atoms with Crippen LogP contribution in [0.1, 0.15) is 102 Å². The van der Waals surface area contributed by atoms with E-state index in [0.717, 1.165) is 11.4 Å². The molecule has 0 spiro atoms. The lowest BCUT2D eigenvalue weighted by Gasteiger charge is -2.30. The van der Waals surface area contributed by atoms with E-state index in [4.69, 9.17) is 5.53 Å². The van der Waals surface area contributed by atoms with Gasteiger partial charge in [0.1, 0.15) is 6.54 Å². The Morgan fingerprint density at radius 1 is 0.817 bits per heavy atom. The topological polar surface area (TPSA) is 344 Å². The fraction of sp³-hybridized carbons (Fsp3) is 0.545. The number of anilines is 1. The van der Waals surface area contributed by atoms with Gasteiger partial charge in [-0.1, -0.05) is 22.8 Å². The monoisotopic (exact) mass is 1070 g/mol. The van der Waals surface area contributed by atoms with Crippen molar-refractivity contribution in [1.82, 2.24) is 25.6 Å². The molecule has 71 heavy (non-hydrogen) atoms. The van der Waals surface area contributed by atoms with Gasteiger partial charge in [0, 0.05) is 91.2 Å². The van der Waals surface area contributed by atoms with E-state index < -0.39 is 67.7 Å². The Labute approximate surface area is 415 Å². The maximum atomic E-state index is 12.8. The highest BCUT2D eigenvalue weighted by molar-refractivity contribution is 7.86. The average molecular weight is 1070 g/mol. The van der Waals surface area contributed by atoms with E-state index in [9.17, 15) is 56.7 Å². The molecule has 1 unspecified atom stereocenters. The van der Waals surface area contributed by atoms with Crippen molar-refractivity contribution in [2.24, 2.45) is 5.11 Å². The van der Waals surface area contributed by atoms with Gasteiger partial charge >= 0.3 is 0 Å². The van der Waals surface area contributed by atoms with Crippen molar-refractivity contribution >= 4 is 63.5 Å². The molecule has 1 atom stereocenters. The molecule has 27 heteroatoms. The molecule has 390 valence electrons. The smallest absolute Gasteiger partial charge is 0.294 e. The molecule has 1 amide bonds. The van der Waals surface area contributed by atoms with Crippen LogP contribution in [0.5, 0.6) is 0 Å². The molecule has 2 aliphatic rings. The number of aromatic nitrogens is 3. The summed E-state index contributed by atoms with van der Waals surface area (Å²) in [5.41, 5.74) is 10.8. The molecule has 0 saturated carbocycles. The first-order chi connectivity index (χ1) is 33.2. The molecule has 23 nitrogen and oxygen atoms in total. The van der Waals surface area contributed by atoms with Crippen LogP contribution in [0, 0.1) is 0 Å². The lowest BCUT2D eigenvalue weighted by Crippen LogP contribution is -2.30. The third-order valence-corrected chi connectivity index (χ3v) is 15.8. The highest BCUT2D eigenvalue weighted by Crippen LogP contribution is 2.51. The van der Waals surface area contributed by atoms with Crippen molar-refractivity contribution in [3.8, 4) is 0 Å². The number of nitrogens with one attached hydrogen (secondary N) is 2. The molecule has 2 aromatic carbocycles. The second kappa shape index (κ2) is 24.1. The van der Waals surface area contributed by atoms with Gasteiger partial charge in [-0.05, 0) is 120 Å². The summed E-state index contributed by atoms with van der Waals surface area (Å²) >= 11 is 0. The quantitative estimate of drug-likeness (QED) is 0.0129. The molecule has 0 fully saturated rings. The van der Waals surface area contributed by atoms with Gasteiger partial charge < -0.3 is 15.5 Å². The third-order valence-electron chi connectivity index (χ3n) is 12.5. The summed E-state index contributed by atoms with van der Waals surface area (Å²) in [6.07, 6.45) is 11.2. The molecule has 0 saturated heterocycles. The van der Waals surface area contributed by atoms with Crippen LogP contribution in [0.2, 0.25) is 0 Å². The first-order valence-corrected chi connectivity index (χ1v) is 29.2. The minimum absolute atomic E-state index is 0.0425. The zero-order valence-corrected chi connectivity index (χ0v) is 43.1. The fourth-order valence-electron chi connectivity index (χ4n) is 9.00. The largest absolute Gasteiger partial charge is 0.356 e. The lowest BCUT2D eigenvalue weighted by molar-refractivity contribution is -0.438. The van der Waals surface area contributed by atoms with Crippen LogP contribution in [0.25, 0.3) is 10.4 Å². The van der Waals surface area contributed by atoms with E-state index in [1.165, 1.54) is 30.3 Å². The molecular formula is C44H63N10O13S4+. The zero-order valence-electron chi connectivity index (χ0n) is 39.9. The van der Waals surface area contributed by atoms with Gasteiger partial charge in [-0.15, -0.1) is 5.10 Å². The van der Waals surface area contributed by atoms with E-state index in [1.807, 2.05) is 30.7 Å². The fourth-order valence-corrected chi connectivity index (χ4v) is 11.1. The summed E-state index contributed by atoms with van der Waals surface area (Å²) in [4.78, 5) is 16.6. The second-order valence-electron chi connectivity index (χ2n) is 18.2. The molecule has 2 aliphatic heterocycles. The molecule has 5 rings (SSSR count). The number of nitrogens with zero attached hydrogens (tertiary/aromatic N) is 8. The van der Waals surface area contributed by atoms with Crippen molar-refractivity contribution in [3.63, 3.8) is 0 Å². The number of aryl methyl sites for hydroxylation is 1. The van der Waals surface area contributed by atoms with Gasteiger partial charge in [0.05, 0.1) is 32.4 Å². The van der Waals surface area contributed by atoms with Crippen LogP contribution in [0.3, 0.4) is 0 Å². The molecule has 3 heterocycles. The van der Waals surface area contributed by atoms with Crippen LogP contribution >= 0.6 is 0 Å². The Balaban J connectivity index is 1.34. The summed E-state index contributed by atoms with van der Waals surface area (Å²) < 4.78 is 139. The highest BCUT2D eigenvalue weighted by Gasteiger charge is 2.46. The number of azide groups is 1. The SMILES string of the molecule is CC1(C)C(/C=C/C=C2/N(CCCS(=O)(=O)O)c3ccc(S(=O)(=O)O)cc3C2(C)CCCCS(=O)(=O)O)=[N+](CCCCCC(=O)NCCCn2cc(CNCCCN=[N+]=[N-])nn2)c2ccc(S(=O)(=O)O)cc21. The van der Waals surface area contributed by atoms with Gasteiger partial charge in [0.25, 0.3) is 40.5 Å². The van der Waals surface area contributed by atoms with Crippen LogP contribution in [-0.4, -0.2) is 127 Å². The molecule has 0 radical (unpaired) electrons. The Bertz CT molecular complexity index is 3020.